The van der Waals surface area contributed by atoms with Crippen molar-refractivity contribution in [1.29, 1.82) is 0 Å². The highest BCUT2D eigenvalue weighted by Crippen LogP contribution is 2.66. The van der Waals surface area contributed by atoms with Crippen molar-refractivity contribution in [3.63, 3.8) is 0 Å². The van der Waals surface area contributed by atoms with Gasteiger partial charge in [-0.05, 0) is 127 Å². The van der Waals surface area contributed by atoms with Crippen LogP contribution >= 0.6 is 0 Å². The van der Waals surface area contributed by atoms with Crippen molar-refractivity contribution >= 4 is 0 Å². The van der Waals surface area contributed by atoms with E-state index >= 15 is 0 Å². The minimum atomic E-state index is 0.0677. The van der Waals surface area contributed by atoms with Gasteiger partial charge in [0.2, 0.25) is 0 Å². The van der Waals surface area contributed by atoms with Crippen LogP contribution in [0.3, 0.4) is 0 Å². The summed E-state index contributed by atoms with van der Waals surface area (Å²) >= 11 is 0. The lowest BCUT2D eigenvalue weighted by molar-refractivity contribution is -0.101. The summed E-state index contributed by atoms with van der Waals surface area (Å²) in [6, 6.07) is 0.752. The van der Waals surface area contributed by atoms with Crippen molar-refractivity contribution in [3.05, 3.63) is 11.8 Å². The molecule has 3 saturated carbocycles. The Morgan fingerprint density at radius 3 is 2.50 bits per heavy atom. The van der Waals surface area contributed by atoms with Gasteiger partial charge in [-0.3, -0.25) is 0 Å². The number of nitrogens with zero attached hydrogens (tertiary/aromatic N) is 2. The molecule has 0 aliphatic heterocycles. The lowest BCUT2D eigenvalue weighted by Gasteiger charge is -2.60. The van der Waals surface area contributed by atoms with E-state index in [1.165, 1.54) is 64.5 Å². The zero-order chi connectivity index (χ0) is 20.1. The highest BCUT2D eigenvalue weighted by Gasteiger charge is 2.61. The molecule has 0 aromatic carbocycles. The fourth-order valence-electron chi connectivity index (χ4n) is 8.40. The molecule has 3 fully saturated rings. The third-order valence-corrected chi connectivity index (χ3v) is 9.91. The molecule has 0 heterocycles. The van der Waals surface area contributed by atoms with Crippen LogP contribution in [-0.2, 0) is 0 Å². The van der Waals surface area contributed by atoms with Crippen molar-refractivity contribution in [2.24, 2.45) is 34.5 Å². The van der Waals surface area contributed by atoms with Gasteiger partial charge in [-0.25, -0.2) is 0 Å². The molecule has 4 aliphatic carbocycles. The highest BCUT2D eigenvalue weighted by molar-refractivity contribution is 5.19. The van der Waals surface area contributed by atoms with E-state index in [9.17, 15) is 5.11 Å². The predicted octanol–water partition coefficient (Wildman–Crippen LogP) is 5.33. The minimum Gasteiger partial charge on any atom is -0.512 e. The molecule has 7 atom stereocenters. The topological polar surface area (TPSA) is 26.7 Å². The Hall–Kier alpha value is -0.540. The first-order valence-corrected chi connectivity index (χ1v) is 12.0. The summed E-state index contributed by atoms with van der Waals surface area (Å²) in [5.74, 6) is 3.86. The van der Waals surface area contributed by atoms with E-state index < -0.39 is 0 Å². The minimum absolute atomic E-state index is 0.0677. The number of hydrogen-bond acceptors (Lipinski definition) is 3. The second-order valence-corrected chi connectivity index (χ2v) is 11.4. The van der Waals surface area contributed by atoms with E-state index in [1.807, 2.05) is 0 Å². The van der Waals surface area contributed by atoms with Crippen LogP contribution in [0.4, 0.5) is 0 Å². The first kappa shape index (κ1) is 20.7. The average molecular weight is 389 g/mol. The quantitative estimate of drug-likeness (QED) is 0.689. The van der Waals surface area contributed by atoms with E-state index in [0.29, 0.717) is 17.3 Å². The summed E-state index contributed by atoms with van der Waals surface area (Å²) < 4.78 is 0. The largest absolute Gasteiger partial charge is 0.512 e. The highest BCUT2D eigenvalue weighted by atomic mass is 16.3. The van der Waals surface area contributed by atoms with Crippen molar-refractivity contribution < 1.29 is 5.11 Å². The molecule has 1 unspecified atom stereocenters. The molecule has 28 heavy (non-hydrogen) atoms. The van der Waals surface area contributed by atoms with Gasteiger partial charge in [-0.15, -0.1) is 0 Å². The van der Waals surface area contributed by atoms with E-state index in [-0.39, 0.29) is 5.41 Å². The Kier molecular flexibility index (Phi) is 5.64. The number of aliphatic hydroxyl groups excluding tert-OH is 1. The van der Waals surface area contributed by atoms with Crippen LogP contribution in [0.1, 0.15) is 71.6 Å². The summed E-state index contributed by atoms with van der Waals surface area (Å²) in [7, 11) is 6.74. The molecular formula is C25H44N2O. The lowest BCUT2D eigenvalue weighted by atomic mass is 9.46. The second-order valence-electron chi connectivity index (χ2n) is 11.4. The van der Waals surface area contributed by atoms with Gasteiger partial charge in [0, 0.05) is 11.5 Å². The summed E-state index contributed by atoms with van der Waals surface area (Å²) in [6.45, 7) is 7.46. The number of hydrogen-bond donors (Lipinski definition) is 1. The number of rotatable bonds is 5. The smallest absolute Gasteiger partial charge is 0.0947 e. The standard InChI is InChI=1S/C25H44N2O/c1-24-15-14-21-19(11-10-18-8-6-9-23(28)25(18,21)2)20(24)12-13-22(24)27(5)17-7-16-26(3)4/h9,18-22,28H,6-8,10-17H2,1-5H3/t18?,19-,20-,21-,22-,24-,25-/m0/s1. The predicted molar refractivity (Wildman–Crippen MR) is 117 cm³/mol. The Bertz CT molecular complexity index is 601. The first-order valence-electron chi connectivity index (χ1n) is 12.0. The summed E-state index contributed by atoms with van der Waals surface area (Å²) in [4.78, 5) is 5.01. The maximum Gasteiger partial charge on any atom is 0.0947 e. The zero-order valence-corrected chi connectivity index (χ0v) is 19.1. The van der Waals surface area contributed by atoms with E-state index in [0.717, 1.165) is 30.1 Å². The van der Waals surface area contributed by atoms with E-state index in [1.54, 1.807) is 0 Å². The molecule has 0 aromatic heterocycles. The maximum atomic E-state index is 10.9. The third-order valence-electron chi connectivity index (χ3n) is 9.91. The number of allylic oxidation sites excluding steroid dienone is 2. The van der Waals surface area contributed by atoms with Crippen LogP contribution in [0.15, 0.2) is 11.8 Å². The van der Waals surface area contributed by atoms with Gasteiger partial charge >= 0.3 is 0 Å². The summed E-state index contributed by atoms with van der Waals surface area (Å²) in [6.07, 6.45) is 14.0. The molecule has 3 heteroatoms. The van der Waals surface area contributed by atoms with Gasteiger partial charge in [0.25, 0.3) is 0 Å². The number of fused-ring (bicyclic) bond motifs is 5. The Labute approximate surface area is 173 Å². The molecule has 3 nitrogen and oxygen atoms in total. The maximum absolute atomic E-state index is 10.9. The van der Waals surface area contributed by atoms with Crippen molar-refractivity contribution in [3.8, 4) is 0 Å². The molecule has 160 valence electrons. The van der Waals surface area contributed by atoms with Gasteiger partial charge in [0.15, 0.2) is 0 Å². The summed E-state index contributed by atoms with van der Waals surface area (Å²) in [5.41, 5.74) is 0.545. The molecule has 4 rings (SSSR count). The molecule has 0 aromatic rings. The molecule has 0 radical (unpaired) electrons. The van der Waals surface area contributed by atoms with Gasteiger partial charge in [0.1, 0.15) is 0 Å². The fraction of sp³-hybridized carbons (Fsp3) is 0.920. The molecule has 0 bridgehead atoms. The lowest BCUT2D eigenvalue weighted by Crippen LogP contribution is -2.55. The van der Waals surface area contributed by atoms with E-state index in [4.69, 9.17) is 0 Å². The second kappa shape index (κ2) is 7.61. The third kappa shape index (κ3) is 3.16. The molecule has 4 aliphatic rings. The fourth-order valence-corrected chi connectivity index (χ4v) is 8.40. The van der Waals surface area contributed by atoms with Crippen LogP contribution in [0.5, 0.6) is 0 Å². The van der Waals surface area contributed by atoms with Crippen LogP contribution < -0.4 is 0 Å². The Morgan fingerprint density at radius 2 is 1.75 bits per heavy atom. The zero-order valence-electron chi connectivity index (χ0n) is 19.1. The van der Waals surface area contributed by atoms with Crippen molar-refractivity contribution in [2.45, 2.75) is 77.7 Å². The molecular weight excluding hydrogens is 344 g/mol. The SMILES string of the molecule is CN(C)CCCN(C)[C@H]1CC[C@H]2[C@@H]3CCC4CCC=C(O)[C@]4(C)[C@H]3CC[C@]12C. The van der Waals surface area contributed by atoms with Gasteiger partial charge in [-0.2, -0.15) is 0 Å². The van der Waals surface area contributed by atoms with Crippen molar-refractivity contribution in [1.82, 2.24) is 9.80 Å². The average Bonchev–Trinajstić information content (AvgIpc) is 3.00. The van der Waals surface area contributed by atoms with Gasteiger partial charge < -0.3 is 14.9 Å². The van der Waals surface area contributed by atoms with Gasteiger partial charge in [0.05, 0.1) is 5.76 Å². The van der Waals surface area contributed by atoms with Gasteiger partial charge in [-0.1, -0.05) is 13.8 Å². The normalized spacial score (nSPS) is 45.5. The Morgan fingerprint density at radius 1 is 0.964 bits per heavy atom. The van der Waals surface area contributed by atoms with Crippen LogP contribution in [-0.4, -0.2) is 55.2 Å². The van der Waals surface area contributed by atoms with Crippen LogP contribution in [0.25, 0.3) is 0 Å². The van der Waals surface area contributed by atoms with Crippen molar-refractivity contribution in [2.75, 3.05) is 34.2 Å². The monoisotopic (exact) mass is 388 g/mol. The Balaban J connectivity index is 1.50. The number of aliphatic hydroxyl groups is 1. The molecule has 0 saturated heterocycles. The molecule has 0 amide bonds. The van der Waals surface area contributed by atoms with Crippen LogP contribution in [0.2, 0.25) is 0 Å². The van der Waals surface area contributed by atoms with Crippen LogP contribution in [0, 0.1) is 34.5 Å². The molecule has 1 N–H and O–H groups in total. The summed E-state index contributed by atoms with van der Waals surface area (Å²) in [5, 5.41) is 10.9. The molecule has 0 spiro atoms. The first-order chi connectivity index (χ1) is 13.3. The van der Waals surface area contributed by atoms with E-state index in [2.05, 4.69) is 50.9 Å².